The van der Waals surface area contributed by atoms with E-state index < -0.39 is 5.82 Å². The first-order valence-electron chi connectivity index (χ1n) is 13.3. The van der Waals surface area contributed by atoms with Crippen LogP contribution < -0.4 is 16.0 Å². The molecule has 4 aromatic rings. The molecule has 1 amide bonds. The lowest BCUT2D eigenvalue weighted by Crippen LogP contribution is -2.26. The molecule has 38 heavy (non-hydrogen) atoms. The first-order chi connectivity index (χ1) is 18.5. The van der Waals surface area contributed by atoms with Gasteiger partial charge in [-0.25, -0.2) is 19.3 Å². The Labute approximate surface area is 225 Å². The number of hydrogen-bond donors (Lipinski definition) is 2. The molecule has 7 nitrogen and oxygen atoms in total. The third kappa shape index (κ3) is 7.96. The monoisotopic (exact) mass is 518 g/mol. The van der Waals surface area contributed by atoms with E-state index in [0.717, 1.165) is 42.7 Å². The summed E-state index contributed by atoms with van der Waals surface area (Å²) in [5.41, 5.74) is 8.65. The van der Waals surface area contributed by atoms with Crippen LogP contribution in [0.1, 0.15) is 64.7 Å². The second kappa shape index (κ2) is 15.2. The van der Waals surface area contributed by atoms with E-state index in [9.17, 15) is 9.18 Å². The molecule has 202 valence electrons. The fourth-order valence-electron chi connectivity index (χ4n) is 3.83. The number of pyridine rings is 1. The van der Waals surface area contributed by atoms with E-state index in [0.29, 0.717) is 22.3 Å². The molecule has 0 unspecified atom stereocenters. The van der Waals surface area contributed by atoms with Gasteiger partial charge in [0.1, 0.15) is 11.6 Å². The molecule has 0 bridgehead atoms. The minimum absolute atomic E-state index is 0.186. The minimum Gasteiger partial charge on any atom is -0.399 e. The van der Waals surface area contributed by atoms with Crippen LogP contribution in [0, 0.1) is 5.82 Å². The predicted molar refractivity (Wildman–Crippen MR) is 157 cm³/mol. The van der Waals surface area contributed by atoms with Gasteiger partial charge in [0.25, 0.3) is 5.91 Å². The number of rotatable bonds is 8. The van der Waals surface area contributed by atoms with E-state index >= 15 is 0 Å². The molecule has 0 radical (unpaired) electrons. The Balaban J connectivity index is 0.00000121. The van der Waals surface area contributed by atoms with E-state index in [4.69, 9.17) is 5.73 Å². The number of benzene rings is 2. The highest BCUT2D eigenvalue weighted by Gasteiger charge is 2.13. The zero-order chi connectivity index (χ0) is 28.1. The molecule has 0 aliphatic heterocycles. The molecule has 3 N–H and O–H groups in total. The maximum Gasteiger partial charge on any atom is 0.258 e. The highest BCUT2D eigenvalue weighted by molar-refractivity contribution is 6.04. The maximum absolute atomic E-state index is 13.8. The standard InChI is InChI=1S/C26H27FN6O.2C2H6/c1-3-9-33(10-4-2)24-14-18(7-8-29-24)25(34)32-26-30-16-19-6-5-17(13-23(19)31-26)20-11-21(27)15-22(28)12-20;2*1-2/h5-8,11-16H,3-4,9-10,28H2,1-2H3,(H,30,31,32,34);2*1-2H3. The van der Waals surface area contributed by atoms with E-state index in [1.54, 1.807) is 30.6 Å². The molecule has 0 aliphatic carbocycles. The average molecular weight is 519 g/mol. The van der Waals surface area contributed by atoms with Gasteiger partial charge in [-0.15, -0.1) is 0 Å². The van der Waals surface area contributed by atoms with Crippen LogP contribution >= 0.6 is 0 Å². The second-order valence-corrected chi connectivity index (χ2v) is 8.08. The number of nitrogen functional groups attached to an aromatic ring is 1. The van der Waals surface area contributed by atoms with Crippen molar-refractivity contribution in [2.45, 2.75) is 54.4 Å². The van der Waals surface area contributed by atoms with E-state index in [-0.39, 0.29) is 11.9 Å². The summed E-state index contributed by atoms with van der Waals surface area (Å²) in [4.78, 5) is 28.3. The highest BCUT2D eigenvalue weighted by atomic mass is 19.1. The maximum atomic E-state index is 13.8. The quantitative estimate of drug-likeness (QED) is 0.237. The first-order valence-corrected chi connectivity index (χ1v) is 13.3. The lowest BCUT2D eigenvalue weighted by molar-refractivity contribution is 0.102. The van der Waals surface area contributed by atoms with Crippen molar-refractivity contribution in [3.05, 3.63) is 72.3 Å². The van der Waals surface area contributed by atoms with Gasteiger partial charge in [0, 0.05) is 42.1 Å². The van der Waals surface area contributed by atoms with Gasteiger partial charge < -0.3 is 10.6 Å². The zero-order valence-corrected chi connectivity index (χ0v) is 23.3. The van der Waals surface area contributed by atoms with Crippen molar-refractivity contribution in [3.8, 4) is 11.1 Å². The smallest absolute Gasteiger partial charge is 0.258 e. The van der Waals surface area contributed by atoms with Gasteiger partial charge in [0.2, 0.25) is 5.95 Å². The molecule has 2 heterocycles. The summed E-state index contributed by atoms with van der Waals surface area (Å²) in [6, 6.07) is 13.4. The molecule has 0 saturated carbocycles. The Kier molecular flexibility index (Phi) is 12.1. The summed E-state index contributed by atoms with van der Waals surface area (Å²) in [6.45, 7) is 14.0. The highest BCUT2D eigenvalue weighted by Crippen LogP contribution is 2.26. The molecular weight excluding hydrogens is 479 g/mol. The SMILES string of the molecule is CC.CC.CCCN(CCC)c1cc(C(=O)Nc2ncc3ccc(-c4cc(N)cc(F)c4)cc3n2)ccn1. The lowest BCUT2D eigenvalue weighted by atomic mass is 10.0. The normalized spacial score (nSPS) is 10.1. The number of amides is 1. The minimum atomic E-state index is -0.404. The largest absolute Gasteiger partial charge is 0.399 e. The number of halogens is 1. The molecular formula is C30H39FN6O. The van der Waals surface area contributed by atoms with Gasteiger partial charge in [-0.2, -0.15) is 0 Å². The van der Waals surface area contributed by atoms with E-state index in [1.807, 2.05) is 45.9 Å². The second-order valence-electron chi connectivity index (χ2n) is 8.08. The number of fused-ring (bicyclic) bond motifs is 1. The van der Waals surface area contributed by atoms with E-state index in [1.165, 1.54) is 12.1 Å². The van der Waals surface area contributed by atoms with Gasteiger partial charge in [0.15, 0.2) is 0 Å². The Morgan fingerprint density at radius 1 is 0.921 bits per heavy atom. The predicted octanol–water partition coefficient (Wildman–Crippen LogP) is 7.34. The van der Waals surface area contributed by atoms with Crippen molar-refractivity contribution in [1.29, 1.82) is 0 Å². The number of aromatic nitrogens is 3. The van der Waals surface area contributed by atoms with Gasteiger partial charge in [-0.3, -0.25) is 10.1 Å². The molecule has 0 aliphatic rings. The van der Waals surface area contributed by atoms with Crippen molar-refractivity contribution >= 4 is 34.3 Å². The first kappa shape index (κ1) is 30.2. The molecule has 2 aromatic heterocycles. The Hall–Kier alpha value is -4.07. The van der Waals surface area contributed by atoms with Crippen LogP contribution in [0.2, 0.25) is 0 Å². The van der Waals surface area contributed by atoms with Crippen molar-refractivity contribution < 1.29 is 9.18 Å². The van der Waals surface area contributed by atoms with Gasteiger partial charge in [-0.05, 0) is 60.4 Å². The van der Waals surface area contributed by atoms with Crippen LogP contribution in [0.5, 0.6) is 0 Å². The number of carbonyl (C=O) groups is 1. The summed E-state index contributed by atoms with van der Waals surface area (Å²) in [5.74, 6) is 0.240. The van der Waals surface area contributed by atoms with Gasteiger partial charge in [-0.1, -0.05) is 53.7 Å². The van der Waals surface area contributed by atoms with Crippen LogP contribution in [0.4, 0.5) is 21.8 Å². The van der Waals surface area contributed by atoms with E-state index in [2.05, 4.69) is 39.0 Å². The molecule has 0 spiro atoms. The summed E-state index contributed by atoms with van der Waals surface area (Å²) in [7, 11) is 0. The van der Waals surface area contributed by atoms with Crippen molar-refractivity contribution in [2.24, 2.45) is 0 Å². The topological polar surface area (TPSA) is 97.0 Å². The Morgan fingerprint density at radius 3 is 2.29 bits per heavy atom. The molecule has 8 heteroatoms. The van der Waals surface area contributed by atoms with Gasteiger partial charge >= 0.3 is 0 Å². The van der Waals surface area contributed by atoms with Crippen molar-refractivity contribution in [3.63, 3.8) is 0 Å². The molecule has 0 fully saturated rings. The van der Waals surface area contributed by atoms with Gasteiger partial charge in [0.05, 0.1) is 5.52 Å². The van der Waals surface area contributed by atoms with Crippen molar-refractivity contribution in [2.75, 3.05) is 29.0 Å². The molecule has 0 atom stereocenters. The fourth-order valence-corrected chi connectivity index (χ4v) is 3.83. The number of hydrogen-bond acceptors (Lipinski definition) is 6. The molecule has 0 saturated heterocycles. The summed E-state index contributed by atoms with van der Waals surface area (Å²) in [5, 5.41) is 3.57. The zero-order valence-electron chi connectivity index (χ0n) is 23.3. The van der Waals surface area contributed by atoms with Crippen LogP contribution in [0.15, 0.2) is 60.9 Å². The number of carbonyl (C=O) groups excluding carboxylic acids is 1. The summed E-state index contributed by atoms with van der Waals surface area (Å²) >= 11 is 0. The summed E-state index contributed by atoms with van der Waals surface area (Å²) in [6.07, 6.45) is 5.27. The number of nitrogens with zero attached hydrogens (tertiary/aromatic N) is 4. The average Bonchev–Trinajstić information content (AvgIpc) is 2.94. The lowest BCUT2D eigenvalue weighted by Gasteiger charge is -2.22. The van der Waals surface area contributed by atoms with Crippen molar-refractivity contribution in [1.82, 2.24) is 15.0 Å². The number of nitrogens with two attached hydrogens (primary N) is 1. The Bertz CT molecular complexity index is 1300. The van der Waals surface area contributed by atoms with Crippen LogP contribution in [0.3, 0.4) is 0 Å². The Morgan fingerprint density at radius 2 is 1.63 bits per heavy atom. The third-order valence-corrected chi connectivity index (χ3v) is 5.38. The summed E-state index contributed by atoms with van der Waals surface area (Å²) < 4.78 is 13.8. The fraction of sp³-hybridized carbons (Fsp3) is 0.333. The van der Waals surface area contributed by atoms with Crippen LogP contribution in [-0.2, 0) is 0 Å². The van der Waals surface area contributed by atoms with Crippen LogP contribution in [-0.4, -0.2) is 33.9 Å². The molecule has 2 aromatic carbocycles. The number of nitrogens with one attached hydrogen (secondary N) is 1. The third-order valence-electron chi connectivity index (χ3n) is 5.38. The molecule has 4 rings (SSSR count). The number of anilines is 3. The van der Waals surface area contributed by atoms with Crippen LogP contribution in [0.25, 0.3) is 22.0 Å².